The Morgan fingerprint density at radius 2 is 2.08 bits per heavy atom. The molecule has 5 rings (SSSR count). The Hall–Kier alpha value is -2.40. The first-order valence-corrected chi connectivity index (χ1v) is 9.54. The summed E-state index contributed by atoms with van der Waals surface area (Å²) in [4.78, 5) is 29.5. The molecule has 0 saturated carbocycles. The van der Waals surface area contributed by atoms with Gasteiger partial charge in [0, 0.05) is 24.1 Å². The summed E-state index contributed by atoms with van der Waals surface area (Å²) in [6, 6.07) is 14.4. The minimum Gasteiger partial charge on any atom is -0.335 e. The monoisotopic (exact) mass is 350 g/mol. The molecular formula is C20H18N2O2S. The van der Waals surface area contributed by atoms with Crippen LogP contribution in [0.3, 0.4) is 0 Å². The minimum absolute atomic E-state index is 0.0797. The maximum absolute atomic E-state index is 13.2. The van der Waals surface area contributed by atoms with Gasteiger partial charge in [-0.2, -0.15) is 0 Å². The fourth-order valence-electron chi connectivity index (χ4n) is 4.48. The van der Waals surface area contributed by atoms with E-state index in [0.717, 1.165) is 47.4 Å². The van der Waals surface area contributed by atoms with Crippen molar-refractivity contribution in [1.82, 2.24) is 9.88 Å². The lowest BCUT2D eigenvalue weighted by atomic mass is 9.88. The summed E-state index contributed by atoms with van der Waals surface area (Å²) >= 11 is 1.16. The molecule has 2 heterocycles. The maximum atomic E-state index is 13.2. The number of aromatic nitrogens is 1. The Morgan fingerprint density at radius 3 is 3.00 bits per heavy atom. The third-order valence-corrected chi connectivity index (χ3v) is 6.44. The quantitative estimate of drug-likeness (QED) is 0.730. The van der Waals surface area contributed by atoms with Crippen LogP contribution in [0, 0.1) is 0 Å². The Labute approximate surface area is 149 Å². The highest BCUT2D eigenvalue weighted by Crippen LogP contribution is 2.42. The second-order valence-corrected chi connectivity index (χ2v) is 7.96. The third kappa shape index (κ3) is 2.34. The summed E-state index contributed by atoms with van der Waals surface area (Å²) in [6.07, 6.45) is 3.15. The third-order valence-electron chi connectivity index (χ3n) is 5.59. The van der Waals surface area contributed by atoms with Crippen molar-refractivity contribution < 1.29 is 4.79 Å². The number of amides is 1. The molecule has 2 aliphatic rings. The van der Waals surface area contributed by atoms with Crippen LogP contribution in [0.25, 0.3) is 10.2 Å². The van der Waals surface area contributed by atoms with E-state index >= 15 is 0 Å². The number of likely N-dealkylation sites (tertiary alicyclic amines) is 1. The van der Waals surface area contributed by atoms with Crippen molar-refractivity contribution in [1.29, 1.82) is 0 Å². The Balaban J connectivity index is 1.49. The summed E-state index contributed by atoms with van der Waals surface area (Å²) in [6.45, 7) is 0.815. The lowest BCUT2D eigenvalue weighted by Crippen LogP contribution is -2.46. The number of aromatic amines is 1. The molecule has 2 atom stereocenters. The van der Waals surface area contributed by atoms with Crippen LogP contribution in [0.15, 0.2) is 47.3 Å². The van der Waals surface area contributed by atoms with E-state index in [0.29, 0.717) is 11.5 Å². The number of hydrogen-bond acceptors (Lipinski definition) is 3. The van der Waals surface area contributed by atoms with E-state index in [1.165, 1.54) is 11.1 Å². The molecule has 1 aliphatic heterocycles. The smallest absolute Gasteiger partial charge is 0.305 e. The van der Waals surface area contributed by atoms with Crippen molar-refractivity contribution in [3.63, 3.8) is 0 Å². The van der Waals surface area contributed by atoms with E-state index in [2.05, 4.69) is 34.1 Å². The van der Waals surface area contributed by atoms with Crippen molar-refractivity contribution in [2.24, 2.45) is 0 Å². The summed E-state index contributed by atoms with van der Waals surface area (Å²) < 4.78 is 0.846. The molecule has 3 aromatic rings. The molecule has 0 unspecified atom stereocenters. The van der Waals surface area contributed by atoms with Crippen LogP contribution in [0.5, 0.6) is 0 Å². The van der Waals surface area contributed by atoms with E-state index < -0.39 is 0 Å². The molecular weight excluding hydrogens is 332 g/mol. The van der Waals surface area contributed by atoms with Crippen LogP contribution in [0.4, 0.5) is 0 Å². The first-order valence-electron chi connectivity index (χ1n) is 8.72. The Morgan fingerprint density at radius 1 is 1.20 bits per heavy atom. The predicted octanol–water partition coefficient (Wildman–Crippen LogP) is 3.53. The lowest BCUT2D eigenvalue weighted by molar-refractivity contribution is 0.0595. The zero-order valence-electron chi connectivity index (χ0n) is 13.7. The van der Waals surface area contributed by atoms with Crippen LogP contribution < -0.4 is 4.87 Å². The molecule has 25 heavy (non-hydrogen) atoms. The number of carbonyl (C=O) groups is 1. The van der Waals surface area contributed by atoms with Gasteiger partial charge in [-0.15, -0.1) is 0 Å². The summed E-state index contributed by atoms with van der Waals surface area (Å²) in [5, 5.41) is 0. The van der Waals surface area contributed by atoms with E-state index in [-0.39, 0.29) is 16.8 Å². The molecule has 1 aromatic heterocycles. The van der Waals surface area contributed by atoms with Gasteiger partial charge in [-0.05, 0) is 48.6 Å². The molecule has 1 fully saturated rings. The number of carbonyl (C=O) groups excluding carboxylic acids is 1. The molecule has 1 saturated heterocycles. The molecule has 0 bridgehead atoms. The number of thiazole rings is 1. The summed E-state index contributed by atoms with van der Waals surface area (Å²) in [5.41, 5.74) is 4.29. The van der Waals surface area contributed by atoms with E-state index in [4.69, 9.17) is 0 Å². The van der Waals surface area contributed by atoms with Crippen LogP contribution in [0.2, 0.25) is 0 Å². The predicted molar refractivity (Wildman–Crippen MR) is 99.4 cm³/mol. The molecule has 5 heteroatoms. The summed E-state index contributed by atoms with van der Waals surface area (Å²) in [7, 11) is 0. The normalized spacial score (nSPS) is 22.0. The average Bonchev–Trinajstić information content (AvgIpc) is 3.19. The van der Waals surface area contributed by atoms with Crippen molar-refractivity contribution >= 4 is 27.5 Å². The van der Waals surface area contributed by atoms with Gasteiger partial charge in [-0.25, -0.2) is 0 Å². The second kappa shape index (κ2) is 5.56. The van der Waals surface area contributed by atoms with Crippen LogP contribution in [-0.4, -0.2) is 28.4 Å². The fraction of sp³-hybridized carbons (Fsp3) is 0.300. The van der Waals surface area contributed by atoms with Gasteiger partial charge in [0.2, 0.25) is 0 Å². The molecule has 4 nitrogen and oxygen atoms in total. The van der Waals surface area contributed by atoms with Gasteiger partial charge in [-0.1, -0.05) is 35.6 Å². The number of hydrogen-bond donors (Lipinski definition) is 1. The summed E-state index contributed by atoms with van der Waals surface area (Å²) in [5.74, 6) is 0.547. The number of fused-ring (bicyclic) bond motifs is 4. The fourth-order valence-corrected chi connectivity index (χ4v) is 5.25. The van der Waals surface area contributed by atoms with Gasteiger partial charge in [-0.3, -0.25) is 9.59 Å². The van der Waals surface area contributed by atoms with Gasteiger partial charge in [0.25, 0.3) is 5.91 Å². The zero-order valence-corrected chi connectivity index (χ0v) is 14.5. The Kier molecular flexibility index (Phi) is 3.31. The first kappa shape index (κ1) is 14.9. The largest absolute Gasteiger partial charge is 0.335 e. The highest BCUT2D eigenvalue weighted by Gasteiger charge is 2.40. The second-order valence-electron chi connectivity index (χ2n) is 6.94. The van der Waals surface area contributed by atoms with Gasteiger partial charge in [0.1, 0.15) is 0 Å². The van der Waals surface area contributed by atoms with Gasteiger partial charge >= 0.3 is 4.87 Å². The molecule has 1 N–H and O–H groups in total. The topological polar surface area (TPSA) is 53.2 Å². The zero-order chi connectivity index (χ0) is 17.0. The SMILES string of the molecule is O=C(c1ccc2[nH]c(=O)sc2c1)N1CCC[C@H]2c3ccccc3C[C@H]21. The number of nitrogens with one attached hydrogen (secondary N) is 1. The van der Waals surface area contributed by atoms with E-state index in [1.807, 2.05) is 18.2 Å². The van der Waals surface area contributed by atoms with Crippen LogP contribution in [-0.2, 0) is 6.42 Å². The average molecular weight is 350 g/mol. The van der Waals surface area contributed by atoms with E-state index in [1.54, 1.807) is 0 Å². The standard InChI is InChI=1S/C20H18N2O2S/c23-19(13-7-8-16-18(11-13)25-20(24)21-16)22-9-3-6-15-14-5-2-1-4-12(14)10-17(15)22/h1-2,4-5,7-8,11,15,17H,3,6,9-10H2,(H,21,24)/t15-,17+/m0/s1. The molecule has 1 aliphatic carbocycles. The van der Waals surface area contributed by atoms with Gasteiger partial charge in [0.05, 0.1) is 10.2 Å². The van der Waals surface area contributed by atoms with Crippen molar-refractivity contribution in [3.05, 3.63) is 68.8 Å². The number of H-pyrrole nitrogens is 1. The molecule has 0 radical (unpaired) electrons. The number of piperidine rings is 1. The molecule has 2 aromatic carbocycles. The highest BCUT2D eigenvalue weighted by molar-refractivity contribution is 7.16. The van der Waals surface area contributed by atoms with Crippen LogP contribution in [0.1, 0.15) is 40.2 Å². The number of rotatable bonds is 1. The Bertz CT molecular complexity index is 1040. The highest BCUT2D eigenvalue weighted by atomic mass is 32.1. The molecule has 0 spiro atoms. The maximum Gasteiger partial charge on any atom is 0.305 e. The van der Waals surface area contributed by atoms with Crippen molar-refractivity contribution in [3.8, 4) is 0 Å². The lowest BCUT2D eigenvalue weighted by Gasteiger charge is -2.38. The van der Waals surface area contributed by atoms with Gasteiger partial charge in [0.15, 0.2) is 0 Å². The first-order chi connectivity index (χ1) is 12.2. The minimum atomic E-state index is -0.0797. The van der Waals surface area contributed by atoms with Crippen molar-refractivity contribution in [2.75, 3.05) is 6.54 Å². The number of benzene rings is 2. The number of nitrogens with zero attached hydrogens (tertiary/aromatic N) is 1. The van der Waals surface area contributed by atoms with Crippen molar-refractivity contribution in [2.45, 2.75) is 31.2 Å². The van der Waals surface area contributed by atoms with E-state index in [9.17, 15) is 9.59 Å². The molecule has 1 amide bonds. The van der Waals surface area contributed by atoms with Crippen LogP contribution >= 0.6 is 11.3 Å². The molecule has 126 valence electrons. The van der Waals surface area contributed by atoms with Gasteiger partial charge < -0.3 is 9.88 Å².